The van der Waals surface area contributed by atoms with E-state index in [0.29, 0.717) is 5.82 Å². The lowest BCUT2D eigenvalue weighted by atomic mass is 9.97. The van der Waals surface area contributed by atoms with Gasteiger partial charge in [-0.15, -0.1) is 11.3 Å². The SMILES string of the molecule is c1ccc(-c2ccc3c(c2)c2c4ccccc4c4c5ccccc5sc4c2n3-c2cnc(-c3ccccc3)nc2-c2ccccc2)cc1. The summed E-state index contributed by atoms with van der Waals surface area (Å²) in [5.41, 5.74) is 8.63. The van der Waals surface area contributed by atoms with Gasteiger partial charge in [-0.05, 0) is 40.1 Å². The molecular weight excluding hydrogens is 603 g/mol. The molecule has 224 valence electrons. The summed E-state index contributed by atoms with van der Waals surface area (Å²) in [5, 5.41) is 7.59. The first-order valence-electron chi connectivity index (χ1n) is 16.2. The van der Waals surface area contributed by atoms with Crippen LogP contribution in [-0.4, -0.2) is 14.5 Å². The van der Waals surface area contributed by atoms with Crippen molar-refractivity contribution in [3.05, 3.63) is 164 Å². The van der Waals surface area contributed by atoms with Gasteiger partial charge in [-0.2, -0.15) is 0 Å². The van der Waals surface area contributed by atoms with Crippen LogP contribution in [0.4, 0.5) is 0 Å². The molecule has 0 spiro atoms. The fraction of sp³-hybridized carbons (Fsp3) is 0. The molecule has 48 heavy (non-hydrogen) atoms. The molecule has 3 aromatic heterocycles. The first-order chi connectivity index (χ1) is 23.8. The number of thiophene rings is 1. The van der Waals surface area contributed by atoms with Gasteiger partial charge < -0.3 is 4.57 Å². The molecule has 0 atom stereocenters. The first-order valence-corrected chi connectivity index (χ1v) is 17.0. The van der Waals surface area contributed by atoms with Crippen LogP contribution in [0.5, 0.6) is 0 Å². The minimum absolute atomic E-state index is 0.711. The number of fused-ring (bicyclic) bond motifs is 10. The zero-order chi connectivity index (χ0) is 31.6. The molecule has 4 heteroatoms. The smallest absolute Gasteiger partial charge is 0.159 e. The third-order valence-electron chi connectivity index (χ3n) is 9.44. The Morgan fingerprint density at radius 3 is 1.81 bits per heavy atom. The molecule has 0 radical (unpaired) electrons. The van der Waals surface area contributed by atoms with Gasteiger partial charge in [0.05, 0.1) is 33.3 Å². The maximum Gasteiger partial charge on any atom is 0.159 e. The lowest BCUT2D eigenvalue weighted by Gasteiger charge is -2.15. The fourth-order valence-corrected chi connectivity index (χ4v) is 8.57. The largest absolute Gasteiger partial charge is 0.304 e. The number of nitrogens with zero attached hydrogens (tertiary/aromatic N) is 3. The summed E-state index contributed by atoms with van der Waals surface area (Å²) in [6.45, 7) is 0. The maximum absolute atomic E-state index is 5.30. The van der Waals surface area contributed by atoms with E-state index >= 15 is 0 Å². The molecule has 0 amide bonds. The zero-order valence-corrected chi connectivity index (χ0v) is 26.7. The van der Waals surface area contributed by atoms with E-state index in [-0.39, 0.29) is 0 Å². The number of hydrogen-bond acceptors (Lipinski definition) is 3. The van der Waals surface area contributed by atoms with Gasteiger partial charge in [0, 0.05) is 37.4 Å². The predicted molar refractivity (Wildman–Crippen MR) is 203 cm³/mol. The fourth-order valence-electron chi connectivity index (χ4n) is 7.31. The summed E-state index contributed by atoms with van der Waals surface area (Å²) >= 11 is 1.87. The summed E-state index contributed by atoms with van der Waals surface area (Å²) in [6.07, 6.45) is 2.02. The normalized spacial score (nSPS) is 11.8. The number of aromatic nitrogens is 3. The van der Waals surface area contributed by atoms with Crippen LogP contribution in [0.25, 0.3) is 92.2 Å². The van der Waals surface area contributed by atoms with Crippen LogP contribution in [0.2, 0.25) is 0 Å². The Bertz CT molecular complexity index is 2820. The van der Waals surface area contributed by atoms with Crippen molar-refractivity contribution in [2.45, 2.75) is 0 Å². The lowest BCUT2D eigenvalue weighted by Crippen LogP contribution is -2.03. The monoisotopic (exact) mass is 629 g/mol. The van der Waals surface area contributed by atoms with Gasteiger partial charge in [-0.25, -0.2) is 9.97 Å². The van der Waals surface area contributed by atoms with Crippen LogP contribution in [0.15, 0.2) is 164 Å². The van der Waals surface area contributed by atoms with Gasteiger partial charge in [0.2, 0.25) is 0 Å². The van der Waals surface area contributed by atoms with Crippen molar-refractivity contribution in [3.63, 3.8) is 0 Å². The highest BCUT2D eigenvalue weighted by Gasteiger charge is 2.24. The molecule has 0 aliphatic heterocycles. The van der Waals surface area contributed by atoms with Crippen molar-refractivity contribution in [1.82, 2.24) is 14.5 Å². The van der Waals surface area contributed by atoms with Crippen LogP contribution in [0.3, 0.4) is 0 Å². The topological polar surface area (TPSA) is 30.7 Å². The Morgan fingerprint density at radius 1 is 0.479 bits per heavy atom. The Hall–Kier alpha value is -6.10. The van der Waals surface area contributed by atoms with Gasteiger partial charge in [0.25, 0.3) is 0 Å². The summed E-state index contributed by atoms with van der Waals surface area (Å²) in [7, 11) is 0. The summed E-state index contributed by atoms with van der Waals surface area (Å²) in [4.78, 5) is 10.3. The van der Waals surface area contributed by atoms with E-state index in [1.165, 1.54) is 58.4 Å². The quantitative estimate of drug-likeness (QED) is 0.194. The molecule has 0 saturated carbocycles. The predicted octanol–water partition coefficient (Wildman–Crippen LogP) is 12.1. The minimum Gasteiger partial charge on any atom is -0.304 e. The third kappa shape index (κ3) is 4.06. The highest BCUT2D eigenvalue weighted by Crippen LogP contribution is 2.49. The van der Waals surface area contributed by atoms with E-state index in [1.807, 2.05) is 35.7 Å². The van der Waals surface area contributed by atoms with Crippen molar-refractivity contribution < 1.29 is 0 Å². The van der Waals surface area contributed by atoms with E-state index in [2.05, 4.69) is 144 Å². The van der Waals surface area contributed by atoms with E-state index in [1.54, 1.807) is 0 Å². The van der Waals surface area contributed by atoms with Gasteiger partial charge in [0.1, 0.15) is 0 Å². The Balaban J connectivity index is 1.41. The highest BCUT2D eigenvalue weighted by atomic mass is 32.1. The second kappa shape index (κ2) is 10.7. The van der Waals surface area contributed by atoms with Gasteiger partial charge in [-0.3, -0.25) is 0 Å². The second-order valence-electron chi connectivity index (χ2n) is 12.2. The van der Waals surface area contributed by atoms with Crippen LogP contribution >= 0.6 is 11.3 Å². The molecule has 3 nitrogen and oxygen atoms in total. The Morgan fingerprint density at radius 2 is 1.08 bits per heavy atom. The Kier molecular flexibility index (Phi) is 6.05. The van der Waals surface area contributed by atoms with Gasteiger partial charge >= 0.3 is 0 Å². The molecule has 3 heterocycles. The molecule has 7 aromatic carbocycles. The molecule has 0 fully saturated rings. The average molecular weight is 630 g/mol. The molecule has 10 rings (SSSR count). The van der Waals surface area contributed by atoms with Gasteiger partial charge in [0.15, 0.2) is 5.82 Å². The van der Waals surface area contributed by atoms with Crippen molar-refractivity contribution in [2.75, 3.05) is 0 Å². The van der Waals surface area contributed by atoms with Gasteiger partial charge in [-0.1, -0.05) is 140 Å². The molecule has 0 aliphatic rings. The first kappa shape index (κ1) is 27.1. The van der Waals surface area contributed by atoms with E-state index in [9.17, 15) is 0 Å². The molecule has 0 N–H and O–H groups in total. The van der Waals surface area contributed by atoms with E-state index in [4.69, 9.17) is 9.97 Å². The molecule has 0 saturated heterocycles. The van der Waals surface area contributed by atoms with E-state index in [0.717, 1.165) is 28.0 Å². The standard InChI is InChI=1S/C44H27N3S/c1-4-14-28(15-5-1)31-24-25-36-35(26-31)39-32-20-10-11-21-33(32)40-34-22-12-13-23-38(34)48-43(40)42(39)47(36)37-27-45-44(30-18-8-3-9-19-30)46-41(37)29-16-6-2-7-17-29/h1-27H. The zero-order valence-electron chi connectivity index (χ0n) is 25.8. The van der Waals surface area contributed by atoms with E-state index < -0.39 is 0 Å². The van der Waals surface area contributed by atoms with Crippen LogP contribution in [0.1, 0.15) is 0 Å². The number of rotatable bonds is 4. The minimum atomic E-state index is 0.711. The molecule has 10 aromatic rings. The lowest BCUT2D eigenvalue weighted by molar-refractivity contribution is 1.09. The second-order valence-corrected chi connectivity index (χ2v) is 13.2. The van der Waals surface area contributed by atoms with Crippen molar-refractivity contribution >= 4 is 64.1 Å². The number of benzene rings is 7. The number of hydrogen-bond donors (Lipinski definition) is 0. The molecular formula is C44H27N3S. The average Bonchev–Trinajstić information content (AvgIpc) is 3.72. The van der Waals surface area contributed by atoms with Crippen LogP contribution < -0.4 is 0 Å². The van der Waals surface area contributed by atoms with Crippen molar-refractivity contribution in [1.29, 1.82) is 0 Å². The summed E-state index contributed by atoms with van der Waals surface area (Å²) in [6, 6.07) is 56.0. The maximum atomic E-state index is 5.30. The Labute approximate surface area is 281 Å². The molecule has 0 unspecified atom stereocenters. The van der Waals surface area contributed by atoms with Crippen molar-refractivity contribution in [3.8, 4) is 39.5 Å². The summed E-state index contributed by atoms with van der Waals surface area (Å²) < 4.78 is 4.99. The van der Waals surface area contributed by atoms with Crippen LogP contribution in [0, 0.1) is 0 Å². The van der Waals surface area contributed by atoms with Crippen LogP contribution in [-0.2, 0) is 0 Å². The third-order valence-corrected chi connectivity index (χ3v) is 10.6. The highest BCUT2D eigenvalue weighted by molar-refractivity contribution is 7.27. The molecule has 0 aliphatic carbocycles. The summed E-state index contributed by atoms with van der Waals surface area (Å²) in [5.74, 6) is 0.711. The van der Waals surface area contributed by atoms with Crippen molar-refractivity contribution in [2.24, 2.45) is 0 Å². The molecule has 0 bridgehead atoms.